The van der Waals surface area contributed by atoms with E-state index < -0.39 is 10.0 Å². The minimum absolute atomic E-state index is 0.0739. The second-order valence-electron chi connectivity index (χ2n) is 5.02. The predicted molar refractivity (Wildman–Crippen MR) is 83.5 cm³/mol. The van der Waals surface area contributed by atoms with Crippen LogP contribution in [0.15, 0.2) is 64.2 Å². The number of benzene rings is 2. The fourth-order valence-electron chi connectivity index (χ4n) is 2.27. The molecule has 0 atom stereocenters. The van der Waals surface area contributed by atoms with Crippen molar-refractivity contribution in [2.45, 2.75) is 11.8 Å². The van der Waals surface area contributed by atoms with Gasteiger partial charge >= 0.3 is 0 Å². The van der Waals surface area contributed by atoms with Gasteiger partial charge < -0.3 is 4.52 Å². The van der Waals surface area contributed by atoms with Crippen LogP contribution in [0.4, 0.5) is 0 Å². The quantitative estimate of drug-likeness (QED) is 0.805. The van der Waals surface area contributed by atoms with Gasteiger partial charge in [-0.1, -0.05) is 41.1 Å². The van der Waals surface area contributed by atoms with E-state index in [2.05, 4.69) is 5.16 Å². The largest absolute Gasteiger partial charge is 0.363 e. The smallest absolute Gasteiger partial charge is 0.238 e. The molecule has 0 amide bonds. The van der Waals surface area contributed by atoms with Gasteiger partial charge in [0.1, 0.15) is 12.0 Å². The summed E-state index contributed by atoms with van der Waals surface area (Å²) >= 11 is 0. The van der Waals surface area contributed by atoms with E-state index in [1.165, 1.54) is 12.1 Å². The Bertz CT molecular complexity index is 913. The molecular weight excluding hydrogens is 300 g/mol. The van der Waals surface area contributed by atoms with Crippen LogP contribution in [0.1, 0.15) is 5.56 Å². The number of nitrogens with two attached hydrogens (primary N) is 1. The van der Waals surface area contributed by atoms with Crippen LogP contribution in [0.25, 0.3) is 22.4 Å². The highest BCUT2D eigenvalue weighted by atomic mass is 32.2. The molecule has 3 aromatic rings. The summed E-state index contributed by atoms with van der Waals surface area (Å²) in [4.78, 5) is 0.0739. The average molecular weight is 314 g/mol. The summed E-state index contributed by atoms with van der Waals surface area (Å²) < 4.78 is 27.7. The maximum atomic E-state index is 11.3. The fraction of sp³-hybridized carbons (Fsp3) is 0.0625. The Balaban J connectivity index is 2.06. The van der Waals surface area contributed by atoms with Crippen LogP contribution in [0.5, 0.6) is 0 Å². The van der Waals surface area contributed by atoms with Gasteiger partial charge in [-0.25, -0.2) is 13.6 Å². The van der Waals surface area contributed by atoms with Crippen LogP contribution < -0.4 is 5.14 Å². The van der Waals surface area contributed by atoms with Gasteiger partial charge in [0, 0.05) is 11.1 Å². The monoisotopic (exact) mass is 314 g/mol. The van der Waals surface area contributed by atoms with E-state index >= 15 is 0 Å². The predicted octanol–water partition coefficient (Wildman–Crippen LogP) is 2.96. The molecule has 1 aromatic heterocycles. The molecular formula is C16H14N2O3S. The molecule has 1 heterocycles. The summed E-state index contributed by atoms with van der Waals surface area (Å²) in [6.45, 7) is 2.00. The van der Waals surface area contributed by atoms with Gasteiger partial charge in [0.25, 0.3) is 0 Å². The van der Waals surface area contributed by atoms with Crippen LogP contribution in [0.3, 0.4) is 0 Å². The van der Waals surface area contributed by atoms with E-state index in [4.69, 9.17) is 9.66 Å². The lowest BCUT2D eigenvalue weighted by Crippen LogP contribution is -2.11. The molecule has 2 N–H and O–H groups in total. The highest BCUT2D eigenvalue weighted by Gasteiger charge is 2.14. The number of hydrogen-bond acceptors (Lipinski definition) is 4. The zero-order valence-corrected chi connectivity index (χ0v) is 12.7. The number of aromatic nitrogens is 1. The maximum Gasteiger partial charge on any atom is 0.238 e. The standard InChI is InChI=1S/C16H14N2O3S/c1-11-3-2-4-13(9-11)16-15(10-21-18-16)12-5-7-14(8-6-12)22(17,19)20/h2-10H,1H3,(H2,17,19,20). The Hall–Kier alpha value is -2.44. The molecule has 2 aromatic carbocycles. The molecule has 0 bridgehead atoms. The molecule has 0 aliphatic heterocycles. The van der Waals surface area contributed by atoms with Crippen molar-refractivity contribution in [1.82, 2.24) is 5.16 Å². The van der Waals surface area contributed by atoms with Gasteiger partial charge in [0.15, 0.2) is 0 Å². The van der Waals surface area contributed by atoms with E-state index in [1.807, 2.05) is 31.2 Å². The molecule has 0 saturated heterocycles. The summed E-state index contributed by atoms with van der Waals surface area (Å²) in [6.07, 6.45) is 1.55. The van der Waals surface area contributed by atoms with Crippen molar-refractivity contribution in [3.05, 3.63) is 60.4 Å². The second kappa shape index (κ2) is 5.40. The first-order valence-corrected chi connectivity index (χ1v) is 8.14. The summed E-state index contributed by atoms with van der Waals surface area (Å²) in [5, 5.41) is 9.16. The maximum absolute atomic E-state index is 11.3. The van der Waals surface area contributed by atoms with E-state index in [-0.39, 0.29) is 4.90 Å². The molecule has 0 aliphatic rings. The first kappa shape index (κ1) is 14.5. The number of nitrogens with zero attached hydrogens (tertiary/aromatic N) is 1. The molecule has 0 fully saturated rings. The van der Waals surface area contributed by atoms with Gasteiger partial charge in [-0.2, -0.15) is 0 Å². The minimum atomic E-state index is -3.70. The number of sulfonamides is 1. The van der Waals surface area contributed by atoms with Gasteiger partial charge in [-0.15, -0.1) is 0 Å². The van der Waals surface area contributed by atoms with Crippen molar-refractivity contribution >= 4 is 10.0 Å². The van der Waals surface area contributed by atoms with Crippen LogP contribution in [0, 0.1) is 6.92 Å². The zero-order chi connectivity index (χ0) is 15.7. The lowest BCUT2D eigenvalue weighted by atomic mass is 10.0. The van der Waals surface area contributed by atoms with Crippen molar-refractivity contribution in [1.29, 1.82) is 0 Å². The highest BCUT2D eigenvalue weighted by molar-refractivity contribution is 7.89. The molecule has 0 spiro atoms. The zero-order valence-electron chi connectivity index (χ0n) is 11.9. The van der Waals surface area contributed by atoms with Gasteiger partial charge in [-0.05, 0) is 30.7 Å². The van der Waals surface area contributed by atoms with Crippen molar-refractivity contribution in [2.24, 2.45) is 5.14 Å². The molecule has 22 heavy (non-hydrogen) atoms. The summed E-state index contributed by atoms with van der Waals surface area (Å²) in [7, 11) is -3.70. The molecule has 0 aliphatic carbocycles. The van der Waals surface area contributed by atoms with E-state index in [1.54, 1.807) is 18.4 Å². The van der Waals surface area contributed by atoms with Crippen LogP contribution in [-0.2, 0) is 10.0 Å². The Morgan fingerprint density at radius 2 is 1.77 bits per heavy atom. The number of hydrogen-bond donors (Lipinski definition) is 1. The normalized spacial score (nSPS) is 11.5. The first-order chi connectivity index (χ1) is 10.4. The third-order valence-electron chi connectivity index (χ3n) is 3.36. The highest BCUT2D eigenvalue weighted by Crippen LogP contribution is 2.31. The molecule has 112 valence electrons. The van der Waals surface area contributed by atoms with Crippen LogP contribution in [0.2, 0.25) is 0 Å². The Morgan fingerprint density at radius 3 is 2.41 bits per heavy atom. The Kier molecular flexibility index (Phi) is 3.56. The number of aryl methyl sites for hydroxylation is 1. The van der Waals surface area contributed by atoms with Crippen molar-refractivity contribution in [3.8, 4) is 22.4 Å². The van der Waals surface area contributed by atoms with Gasteiger partial charge in [0.2, 0.25) is 10.0 Å². The molecule has 6 heteroatoms. The first-order valence-electron chi connectivity index (χ1n) is 6.60. The van der Waals surface area contributed by atoms with Crippen molar-refractivity contribution in [2.75, 3.05) is 0 Å². The summed E-state index contributed by atoms with van der Waals surface area (Å²) in [6, 6.07) is 14.2. The second-order valence-corrected chi connectivity index (χ2v) is 6.58. The average Bonchev–Trinajstić information content (AvgIpc) is 2.96. The van der Waals surface area contributed by atoms with E-state index in [9.17, 15) is 8.42 Å². The Morgan fingerprint density at radius 1 is 1.05 bits per heavy atom. The fourth-order valence-corrected chi connectivity index (χ4v) is 2.78. The summed E-state index contributed by atoms with van der Waals surface area (Å²) in [5.74, 6) is 0. The van der Waals surface area contributed by atoms with Crippen LogP contribution >= 0.6 is 0 Å². The van der Waals surface area contributed by atoms with E-state index in [0.717, 1.165) is 22.3 Å². The molecule has 5 nitrogen and oxygen atoms in total. The van der Waals surface area contributed by atoms with Gasteiger partial charge in [-0.3, -0.25) is 0 Å². The molecule has 0 unspecified atom stereocenters. The molecule has 0 saturated carbocycles. The lowest BCUT2D eigenvalue weighted by Gasteiger charge is -2.04. The Labute approximate surface area is 128 Å². The lowest BCUT2D eigenvalue weighted by molar-refractivity contribution is 0.422. The van der Waals surface area contributed by atoms with Crippen LogP contribution in [-0.4, -0.2) is 13.6 Å². The third kappa shape index (κ3) is 2.79. The number of rotatable bonds is 3. The van der Waals surface area contributed by atoms with Crippen molar-refractivity contribution < 1.29 is 12.9 Å². The summed E-state index contributed by atoms with van der Waals surface area (Å²) in [5.41, 5.74) is 4.39. The number of primary sulfonamides is 1. The SMILES string of the molecule is Cc1cccc(-c2nocc2-c2ccc(S(N)(=O)=O)cc2)c1. The van der Waals surface area contributed by atoms with E-state index in [0.29, 0.717) is 5.69 Å². The van der Waals surface area contributed by atoms with Crippen molar-refractivity contribution in [3.63, 3.8) is 0 Å². The topological polar surface area (TPSA) is 86.2 Å². The molecule has 0 radical (unpaired) electrons. The third-order valence-corrected chi connectivity index (χ3v) is 4.28. The van der Waals surface area contributed by atoms with Gasteiger partial charge in [0.05, 0.1) is 4.90 Å². The molecule has 3 rings (SSSR count). The minimum Gasteiger partial charge on any atom is -0.363 e.